The van der Waals surface area contributed by atoms with E-state index in [0.717, 1.165) is 0 Å². The van der Waals surface area contributed by atoms with E-state index in [4.69, 9.17) is 21.1 Å². The molecule has 0 saturated carbocycles. The van der Waals surface area contributed by atoms with Crippen molar-refractivity contribution in [3.05, 3.63) is 76.6 Å². The Balaban J connectivity index is 1.54. The molecule has 1 aromatic carbocycles. The minimum absolute atomic E-state index is 0.0373. The lowest BCUT2D eigenvalue weighted by Crippen LogP contribution is -2.26. The number of hydrogen-bond acceptors (Lipinski definition) is 5. The number of ether oxygens (including phenoxy) is 2. The van der Waals surface area contributed by atoms with Gasteiger partial charge in [-0.15, -0.1) is 0 Å². The summed E-state index contributed by atoms with van der Waals surface area (Å²) in [5, 5.41) is 2.62. The number of amides is 1. The normalized spacial score (nSPS) is 14.3. The highest BCUT2D eigenvalue weighted by atomic mass is 35.5. The predicted molar refractivity (Wildman–Crippen MR) is 112 cm³/mol. The van der Waals surface area contributed by atoms with Gasteiger partial charge in [-0.2, -0.15) is 0 Å². The standard InChI is InChI=1S/C22H19ClFN3O4/c23-16-3-4-18(31-15-5-8-30-9-6-15)20(24)19(16)21(28)13-10-17(26-11-13)22(29)27-14-2-1-7-25-12-14/h1-4,7,10-12,15,26H,5-6,8-9H2,(H,27,29). The van der Waals surface area contributed by atoms with Crippen LogP contribution >= 0.6 is 11.6 Å². The van der Waals surface area contributed by atoms with Crippen LogP contribution in [0.1, 0.15) is 39.3 Å². The van der Waals surface area contributed by atoms with E-state index < -0.39 is 17.5 Å². The molecule has 0 aliphatic carbocycles. The Morgan fingerprint density at radius 2 is 2.06 bits per heavy atom. The van der Waals surface area contributed by atoms with E-state index >= 15 is 4.39 Å². The summed E-state index contributed by atoms with van der Waals surface area (Å²) in [6.07, 6.45) is 5.49. The number of ketones is 1. The molecule has 0 atom stereocenters. The van der Waals surface area contributed by atoms with E-state index in [0.29, 0.717) is 31.7 Å². The van der Waals surface area contributed by atoms with Gasteiger partial charge in [0.25, 0.3) is 5.91 Å². The Morgan fingerprint density at radius 3 is 2.81 bits per heavy atom. The first kappa shape index (κ1) is 21.0. The number of anilines is 1. The minimum atomic E-state index is -0.827. The number of aromatic nitrogens is 2. The van der Waals surface area contributed by atoms with Gasteiger partial charge in [-0.1, -0.05) is 11.6 Å². The molecule has 2 N–H and O–H groups in total. The van der Waals surface area contributed by atoms with Crippen molar-refractivity contribution in [2.45, 2.75) is 18.9 Å². The number of aromatic amines is 1. The van der Waals surface area contributed by atoms with Crippen LogP contribution in [0.3, 0.4) is 0 Å². The molecular weight excluding hydrogens is 425 g/mol. The quantitative estimate of drug-likeness (QED) is 0.556. The van der Waals surface area contributed by atoms with Gasteiger partial charge in [0, 0.05) is 30.8 Å². The average Bonchev–Trinajstić information content (AvgIpc) is 3.28. The van der Waals surface area contributed by atoms with Crippen LogP contribution in [0.5, 0.6) is 5.75 Å². The number of benzene rings is 1. The van der Waals surface area contributed by atoms with Crippen molar-refractivity contribution in [1.82, 2.24) is 9.97 Å². The molecule has 3 aromatic rings. The maximum absolute atomic E-state index is 15.1. The van der Waals surface area contributed by atoms with Crippen molar-refractivity contribution >= 4 is 29.0 Å². The lowest BCUT2D eigenvalue weighted by atomic mass is 10.0. The third-order valence-electron chi connectivity index (χ3n) is 4.85. The molecule has 160 valence electrons. The molecule has 1 saturated heterocycles. The van der Waals surface area contributed by atoms with Crippen molar-refractivity contribution in [3.8, 4) is 5.75 Å². The van der Waals surface area contributed by atoms with E-state index in [1.807, 2.05) is 0 Å². The maximum atomic E-state index is 15.1. The Bertz CT molecular complexity index is 1100. The number of nitrogens with zero attached hydrogens (tertiary/aromatic N) is 1. The highest BCUT2D eigenvalue weighted by Crippen LogP contribution is 2.31. The van der Waals surface area contributed by atoms with Crippen LogP contribution in [-0.4, -0.2) is 41.0 Å². The molecule has 0 spiro atoms. The van der Waals surface area contributed by atoms with Crippen molar-refractivity contribution < 1.29 is 23.5 Å². The van der Waals surface area contributed by atoms with Crippen molar-refractivity contribution in [2.24, 2.45) is 0 Å². The van der Waals surface area contributed by atoms with Gasteiger partial charge in [-0.05, 0) is 30.3 Å². The molecule has 0 bridgehead atoms. The predicted octanol–water partition coefficient (Wildman–Crippen LogP) is 4.24. The zero-order valence-corrected chi connectivity index (χ0v) is 17.1. The van der Waals surface area contributed by atoms with Crippen LogP contribution in [0.15, 0.2) is 48.9 Å². The van der Waals surface area contributed by atoms with Gasteiger partial charge < -0.3 is 19.8 Å². The molecule has 9 heteroatoms. The first-order chi connectivity index (χ1) is 15.0. The Labute approximate surface area is 182 Å². The lowest BCUT2D eigenvalue weighted by Gasteiger charge is -2.24. The monoisotopic (exact) mass is 443 g/mol. The number of H-pyrrole nitrogens is 1. The van der Waals surface area contributed by atoms with Crippen molar-refractivity contribution in [2.75, 3.05) is 18.5 Å². The highest BCUT2D eigenvalue weighted by molar-refractivity contribution is 6.35. The summed E-state index contributed by atoms with van der Waals surface area (Å²) in [5.41, 5.74) is 0.435. The Hall–Kier alpha value is -3.23. The highest BCUT2D eigenvalue weighted by Gasteiger charge is 2.25. The fourth-order valence-corrected chi connectivity index (χ4v) is 3.47. The molecular formula is C22H19ClFN3O4. The van der Waals surface area contributed by atoms with Gasteiger partial charge in [0.15, 0.2) is 17.3 Å². The Morgan fingerprint density at radius 1 is 1.26 bits per heavy atom. The smallest absolute Gasteiger partial charge is 0.272 e. The lowest BCUT2D eigenvalue weighted by molar-refractivity contribution is 0.0239. The summed E-state index contributed by atoms with van der Waals surface area (Å²) >= 11 is 6.13. The van der Waals surface area contributed by atoms with Crippen LogP contribution in [0.4, 0.5) is 10.1 Å². The average molecular weight is 444 g/mol. The number of rotatable bonds is 6. The van der Waals surface area contributed by atoms with Gasteiger partial charge in [-0.3, -0.25) is 14.6 Å². The van der Waals surface area contributed by atoms with Crippen LogP contribution < -0.4 is 10.1 Å². The summed E-state index contributed by atoms with van der Waals surface area (Å²) in [4.78, 5) is 32.0. The first-order valence-electron chi connectivity index (χ1n) is 9.70. The fraction of sp³-hybridized carbons (Fsp3) is 0.227. The van der Waals surface area contributed by atoms with Crippen LogP contribution in [0, 0.1) is 5.82 Å². The second-order valence-electron chi connectivity index (χ2n) is 6.99. The number of carbonyl (C=O) groups is 2. The van der Waals surface area contributed by atoms with E-state index in [1.165, 1.54) is 30.6 Å². The second kappa shape index (κ2) is 9.28. The second-order valence-corrected chi connectivity index (χ2v) is 7.40. The zero-order chi connectivity index (χ0) is 21.8. The first-order valence-corrected chi connectivity index (χ1v) is 10.1. The maximum Gasteiger partial charge on any atom is 0.272 e. The van der Waals surface area contributed by atoms with E-state index in [9.17, 15) is 9.59 Å². The van der Waals surface area contributed by atoms with Gasteiger partial charge in [0.05, 0.1) is 35.7 Å². The Kier molecular flexibility index (Phi) is 6.29. The molecule has 4 rings (SSSR count). The van der Waals surface area contributed by atoms with Gasteiger partial charge in [0.1, 0.15) is 11.8 Å². The number of hydrogen-bond donors (Lipinski definition) is 2. The van der Waals surface area contributed by atoms with Gasteiger partial charge in [-0.25, -0.2) is 4.39 Å². The number of carbonyl (C=O) groups excluding carboxylic acids is 2. The molecule has 3 heterocycles. The SMILES string of the molecule is O=C(Nc1cccnc1)c1cc(C(=O)c2c(Cl)ccc(OC3CCOCC3)c2F)c[nH]1. The summed E-state index contributed by atoms with van der Waals surface area (Å²) < 4.78 is 26.1. The summed E-state index contributed by atoms with van der Waals surface area (Å²) in [7, 11) is 0. The molecule has 0 radical (unpaired) electrons. The third-order valence-corrected chi connectivity index (χ3v) is 5.17. The summed E-state index contributed by atoms with van der Waals surface area (Å²) in [6.45, 7) is 1.08. The third kappa shape index (κ3) is 4.76. The van der Waals surface area contributed by atoms with Crippen LogP contribution in [-0.2, 0) is 4.74 Å². The molecule has 0 unspecified atom stereocenters. The van der Waals surface area contributed by atoms with Gasteiger partial charge in [0.2, 0.25) is 0 Å². The molecule has 1 fully saturated rings. The van der Waals surface area contributed by atoms with E-state index in [-0.39, 0.29) is 33.7 Å². The molecule has 31 heavy (non-hydrogen) atoms. The van der Waals surface area contributed by atoms with Gasteiger partial charge >= 0.3 is 0 Å². The minimum Gasteiger partial charge on any atom is -0.487 e. The fourth-order valence-electron chi connectivity index (χ4n) is 3.24. The van der Waals surface area contributed by atoms with Crippen LogP contribution in [0.2, 0.25) is 5.02 Å². The number of nitrogens with one attached hydrogen (secondary N) is 2. The summed E-state index contributed by atoms with van der Waals surface area (Å²) in [6, 6.07) is 7.54. The molecule has 7 nitrogen and oxygen atoms in total. The van der Waals surface area contributed by atoms with Crippen molar-refractivity contribution in [1.29, 1.82) is 0 Å². The number of halogens is 2. The van der Waals surface area contributed by atoms with E-state index in [2.05, 4.69) is 15.3 Å². The largest absolute Gasteiger partial charge is 0.487 e. The summed E-state index contributed by atoms with van der Waals surface area (Å²) in [5.74, 6) is -1.98. The molecule has 1 aliphatic rings. The van der Waals surface area contributed by atoms with Crippen molar-refractivity contribution in [3.63, 3.8) is 0 Å². The molecule has 1 aliphatic heterocycles. The topological polar surface area (TPSA) is 93.3 Å². The van der Waals surface area contributed by atoms with Crippen LogP contribution in [0.25, 0.3) is 0 Å². The zero-order valence-electron chi connectivity index (χ0n) is 16.4. The van der Waals surface area contributed by atoms with E-state index in [1.54, 1.807) is 18.3 Å². The molecule has 1 amide bonds. The number of pyridine rings is 1. The molecule has 2 aromatic heterocycles.